The lowest BCUT2D eigenvalue weighted by atomic mass is 10.0. The molecule has 0 radical (unpaired) electrons. The van der Waals surface area contributed by atoms with Gasteiger partial charge in [-0.05, 0) is 61.2 Å². The van der Waals surface area contributed by atoms with E-state index < -0.39 is 5.83 Å². The Labute approximate surface area is 276 Å². The van der Waals surface area contributed by atoms with Crippen LogP contribution >= 0.6 is 23.1 Å². The van der Waals surface area contributed by atoms with E-state index in [4.69, 9.17) is 20.6 Å². The number of ether oxygens (including phenoxy) is 2. The monoisotopic (exact) mass is 667 g/mol. The van der Waals surface area contributed by atoms with Crippen LogP contribution in [0.25, 0.3) is 38.8 Å². The first kappa shape index (κ1) is 36.2. The van der Waals surface area contributed by atoms with Crippen LogP contribution in [-0.2, 0) is 27.4 Å². The van der Waals surface area contributed by atoms with Crippen LogP contribution in [0.5, 0.6) is 0 Å². The van der Waals surface area contributed by atoms with Crippen LogP contribution in [0.4, 0.5) is 14.5 Å². The number of fused-ring (bicyclic) bond motifs is 2. The van der Waals surface area contributed by atoms with Crippen molar-refractivity contribution in [3.8, 4) is 22.6 Å². The van der Waals surface area contributed by atoms with Crippen molar-refractivity contribution in [1.29, 1.82) is 0 Å². The highest BCUT2D eigenvalue weighted by Gasteiger charge is 2.28. The molecule has 1 unspecified atom stereocenters. The fourth-order valence-electron chi connectivity index (χ4n) is 4.64. The van der Waals surface area contributed by atoms with E-state index in [1.54, 1.807) is 35.9 Å². The fourth-order valence-corrected chi connectivity index (χ4v) is 5.56. The summed E-state index contributed by atoms with van der Waals surface area (Å²) in [7, 11) is 1.63. The summed E-state index contributed by atoms with van der Waals surface area (Å²) in [6.45, 7) is 11.0. The van der Waals surface area contributed by atoms with Crippen LogP contribution in [0, 0.1) is 0 Å². The van der Waals surface area contributed by atoms with E-state index in [0.717, 1.165) is 27.4 Å². The Morgan fingerprint density at radius 3 is 2.54 bits per heavy atom. The number of nitrogen functional groups attached to an aromatic ring is 1. The summed E-state index contributed by atoms with van der Waals surface area (Å²) in [5.74, 6) is -0.889. The Morgan fingerprint density at radius 1 is 1.20 bits per heavy atom. The normalized spacial score (nSPS) is 14.2. The maximum absolute atomic E-state index is 14.6. The number of thioether (sulfide) groups is 1. The van der Waals surface area contributed by atoms with Gasteiger partial charge in [-0.1, -0.05) is 25.3 Å². The van der Waals surface area contributed by atoms with Crippen molar-refractivity contribution in [2.75, 3.05) is 38.6 Å². The summed E-state index contributed by atoms with van der Waals surface area (Å²) in [6, 6.07) is 11.1. The number of aromatic nitrogens is 3. The Morgan fingerprint density at radius 2 is 1.91 bits per heavy atom. The zero-order valence-electron chi connectivity index (χ0n) is 26.4. The molecule has 244 valence electrons. The molecule has 46 heavy (non-hydrogen) atoms. The van der Waals surface area contributed by atoms with Crippen LogP contribution in [0.15, 0.2) is 85.5 Å². The van der Waals surface area contributed by atoms with Gasteiger partial charge in [0, 0.05) is 46.1 Å². The lowest BCUT2D eigenvalue weighted by Gasteiger charge is -2.33. The van der Waals surface area contributed by atoms with Crippen molar-refractivity contribution in [2.45, 2.75) is 26.1 Å². The van der Waals surface area contributed by atoms with E-state index in [0.29, 0.717) is 54.6 Å². The van der Waals surface area contributed by atoms with E-state index in [2.05, 4.69) is 17.9 Å². The number of pyridine rings is 1. The number of anilines is 1. The minimum absolute atomic E-state index is 0.0691. The van der Waals surface area contributed by atoms with Crippen LogP contribution in [0.3, 0.4) is 0 Å². The maximum Gasteiger partial charge on any atom is 0.246 e. The number of methoxy groups -OCH3 is 1. The number of amides is 1. The fraction of sp³-hybridized carbons (Fsp3) is 0.265. The van der Waals surface area contributed by atoms with Crippen LogP contribution in [0.1, 0.15) is 18.2 Å². The van der Waals surface area contributed by atoms with Crippen molar-refractivity contribution in [1.82, 2.24) is 19.7 Å². The van der Waals surface area contributed by atoms with Crippen molar-refractivity contribution in [3.05, 3.63) is 96.8 Å². The Kier molecular flexibility index (Phi) is 14.2. The molecule has 0 saturated carbocycles. The molecular formula is C34H39F2N5O3S2. The lowest BCUT2D eigenvalue weighted by Crippen LogP contribution is -2.44. The van der Waals surface area contributed by atoms with Gasteiger partial charge in [-0.15, -0.1) is 11.3 Å². The third-order valence-corrected chi connectivity index (χ3v) is 7.67. The average Bonchev–Trinajstić information content (AvgIpc) is 3.70. The first-order chi connectivity index (χ1) is 22.2. The summed E-state index contributed by atoms with van der Waals surface area (Å²) in [4.78, 5) is 19.0. The van der Waals surface area contributed by atoms with Crippen molar-refractivity contribution in [2.24, 2.45) is 0 Å². The minimum atomic E-state index is -0.740. The molecule has 0 fully saturated rings. The van der Waals surface area contributed by atoms with Gasteiger partial charge >= 0.3 is 0 Å². The molecule has 12 heteroatoms. The number of rotatable bonds is 9. The predicted octanol–water partition coefficient (Wildman–Crippen LogP) is 7.89. The molecule has 1 aromatic carbocycles. The molecule has 5 rings (SSSR count). The third kappa shape index (κ3) is 9.15. The van der Waals surface area contributed by atoms with Gasteiger partial charge in [0.2, 0.25) is 5.91 Å². The number of benzene rings is 1. The highest BCUT2D eigenvalue weighted by Crippen LogP contribution is 2.39. The van der Waals surface area contributed by atoms with E-state index in [1.165, 1.54) is 29.8 Å². The molecule has 2 N–H and O–H groups in total. The van der Waals surface area contributed by atoms with Crippen LogP contribution in [-0.4, -0.2) is 64.4 Å². The van der Waals surface area contributed by atoms with Crippen molar-refractivity contribution in [3.63, 3.8) is 0 Å². The average molecular weight is 668 g/mol. The van der Waals surface area contributed by atoms with Gasteiger partial charge in [0.1, 0.15) is 23.8 Å². The maximum atomic E-state index is 14.6. The number of carbonyl (C=O) groups excluding carboxylic acids is 1. The number of halogens is 2. The molecule has 4 heterocycles. The highest BCUT2D eigenvalue weighted by atomic mass is 32.2. The molecule has 1 atom stereocenters. The van der Waals surface area contributed by atoms with E-state index in [9.17, 15) is 13.6 Å². The zero-order chi connectivity index (χ0) is 33.6. The van der Waals surface area contributed by atoms with Gasteiger partial charge < -0.3 is 20.1 Å². The van der Waals surface area contributed by atoms with Gasteiger partial charge in [-0.3, -0.25) is 9.48 Å². The first-order valence-corrected chi connectivity index (χ1v) is 16.8. The molecule has 1 aliphatic rings. The molecule has 1 amide bonds. The second-order valence-electron chi connectivity index (χ2n) is 9.99. The van der Waals surface area contributed by atoms with Gasteiger partial charge in [0.05, 0.1) is 43.7 Å². The number of thiophene rings is 1. The molecule has 0 bridgehead atoms. The predicted molar refractivity (Wildman–Crippen MR) is 188 cm³/mol. The van der Waals surface area contributed by atoms with Gasteiger partial charge in [-0.25, -0.2) is 13.8 Å². The standard InChI is InChI=1S/C27H23F2N5OS.C5H10O2.C2H6S/c1-3-24(35)33-15-20-13-23(32-34(20)14-16(33)2)26-22(12-18(29)8-10-28)27-21(9-11-36-27)25(31-26)17-4-6-19(30)7-5-17;1-3-7-5-4-6-2;1-3-2/h3-13,16H,1,14-15,30H2,2H3;3H,1,4-5H2,2H3;1-2H3/b10-8+,18-12?;;. The Bertz CT molecular complexity index is 1680. The molecule has 0 saturated heterocycles. The summed E-state index contributed by atoms with van der Waals surface area (Å²) in [5, 5.41) is 7.53. The SMILES string of the molecule is C=CC(=O)N1Cc2cc(-c3nc(-c4ccc(N)cc4)c4ccsc4c3C=C(F)/C=C/F)nn2CC1C.C=COCCOC.CSC. The van der Waals surface area contributed by atoms with Crippen LogP contribution < -0.4 is 5.73 Å². The summed E-state index contributed by atoms with van der Waals surface area (Å²) in [5.41, 5.74) is 10.4. The molecule has 8 nitrogen and oxygen atoms in total. The second-order valence-corrected chi connectivity index (χ2v) is 11.7. The summed E-state index contributed by atoms with van der Waals surface area (Å²) < 4.78 is 39.3. The molecule has 0 spiro atoms. The number of hydrogen-bond donors (Lipinski definition) is 1. The smallest absolute Gasteiger partial charge is 0.246 e. The quantitative estimate of drug-likeness (QED) is 0.0638. The molecule has 3 aromatic heterocycles. The number of carbonyl (C=O) groups is 1. The van der Waals surface area contributed by atoms with Crippen LogP contribution in [0.2, 0.25) is 0 Å². The molecular weight excluding hydrogens is 629 g/mol. The summed E-state index contributed by atoms with van der Waals surface area (Å²) >= 11 is 3.20. The topological polar surface area (TPSA) is 95.5 Å². The number of nitrogens with two attached hydrogens (primary N) is 1. The van der Waals surface area contributed by atoms with Gasteiger partial charge in [-0.2, -0.15) is 16.9 Å². The van der Waals surface area contributed by atoms with E-state index >= 15 is 0 Å². The molecule has 1 aliphatic heterocycles. The van der Waals surface area contributed by atoms with E-state index in [1.807, 2.05) is 53.8 Å². The first-order valence-electron chi connectivity index (χ1n) is 14.3. The van der Waals surface area contributed by atoms with Gasteiger partial charge in [0.25, 0.3) is 0 Å². The Hall–Kier alpha value is -4.26. The largest absolute Gasteiger partial charge is 0.499 e. The highest BCUT2D eigenvalue weighted by molar-refractivity contribution is 7.97. The molecule has 0 aliphatic carbocycles. The lowest BCUT2D eigenvalue weighted by molar-refractivity contribution is -0.129. The van der Waals surface area contributed by atoms with Gasteiger partial charge in [0.15, 0.2) is 0 Å². The zero-order valence-corrected chi connectivity index (χ0v) is 28.0. The number of hydrogen-bond acceptors (Lipinski definition) is 8. The van der Waals surface area contributed by atoms with Crippen molar-refractivity contribution < 1.29 is 23.0 Å². The number of nitrogens with zero attached hydrogens (tertiary/aromatic N) is 4. The minimum Gasteiger partial charge on any atom is -0.499 e. The third-order valence-electron chi connectivity index (χ3n) is 6.72. The summed E-state index contributed by atoms with van der Waals surface area (Å²) in [6.07, 6.45) is 8.99. The Balaban J connectivity index is 0.000000504. The molecule has 4 aromatic rings. The second kappa shape index (κ2) is 18.0. The van der Waals surface area contributed by atoms with E-state index in [-0.39, 0.29) is 18.3 Å². The van der Waals surface area contributed by atoms with Crippen molar-refractivity contribution >= 4 is 50.9 Å². The number of allylic oxidation sites excluding steroid dienone is 2.